The number of rotatable bonds is 5. The Bertz CT molecular complexity index is 912. The molecule has 3 rings (SSSR count). The number of benzene rings is 2. The van der Waals surface area contributed by atoms with Crippen LogP contribution in [0.3, 0.4) is 0 Å². The highest BCUT2D eigenvalue weighted by Crippen LogP contribution is 2.28. The van der Waals surface area contributed by atoms with Crippen molar-refractivity contribution in [2.75, 3.05) is 18.5 Å². The summed E-state index contributed by atoms with van der Waals surface area (Å²) in [5.74, 6) is 0.0442. The van der Waals surface area contributed by atoms with Gasteiger partial charge in [0.25, 0.3) is 0 Å². The highest BCUT2D eigenvalue weighted by Gasteiger charge is 2.23. The summed E-state index contributed by atoms with van der Waals surface area (Å²) in [5, 5.41) is 0.633. The van der Waals surface area contributed by atoms with E-state index in [1.54, 1.807) is 30.1 Å². The molecular formula is C18H19ClN2O3S. The Hall–Kier alpha value is -1.89. The average Bonchev–Trinajstić information content (AvgIpc) is 2.58. The van der Waals surface area contributed by atoms with Crippen LogP contribution in [0.2, 0.25) is 5.02 Å². The van der Waals surface area contributed by atoms with Crippen LogP contribution in [0.25, 0.3) is 0 Å². The molecule has 7 heteroatoms. The fourth-order valence-corrected chi connectivity index (χ4v) is 4.20. The average molecular weight is 379 g/mol. The number of halogens is 1. The highest BCUT2D eigenvalue weighted by molar-refractivity contribution is 7.89. The Kier molecular flexibility index (Phi) is 5.13. The monoisotopic (exact) mass is 378 g/mol. The summed E-state index contributed by atoms with van der Waals surface area (Å²) in [6.07, 6.45) is 1.52. The van der Waals surface area contributed by atoms with Crippen LogP contribution in [0.5, 0.6) is 0 Å². The van der Waals surface area contributed by atoms with Crippen molar-refractivity contribution in [2.24, 2.45) is 0 Å². The molecule has 0 radical (unpaired) electrons. The van der Waals surface area contributed by atoms with Crippen molar-refractivity contribution in [3.63, 3.8) is 0 Å². The third-order valence-corrected chi connectivity index (χ3v) is 5.99. The van der Waals surface area contributed by atoms with E-state index in [-0.39, 0.29) is 17.3 Å². The van der Waals surface area contributed by atoms with Gasteiger partial charge in [0.15, 0.2) is 0 Å². The molecule has 0 bridgehead atoms. The molecular weight excluding hydrogens is 360 g/mol. The first kappa shape index (κ1) is 17.9. The number of carbonyl (C=O) groups is 1. The molecule has 25 heavy (non-hydrogen) atoms. The van der Waals surface area contributed by atoms with Gasteiger partial charge in [-0.15, -0.1) is 0 Å². The Morgan fingerprint density at radius 1 is 1.16 bits per heavy atom. The predicted octanol–water partition coefficient (Wildman–Crippen LogP) is 2.77. The quantitative estimate of drug-likeness (QED) is 0.869. The largest absolute Gasteiger partial charge is 0.315 e. The van der Waals surface area contributed by atoms with E-state index in [1.165, 1.54) is 6.07 Å². The molecule has 1 heterocycles. The van der Waals surface area contributed by atoms with Crippen molar-refractivity contribution < 1.29 is 13.2 Å². The van der Waals surface area contributed by atoms with Gasteiger partial charge in [-0.2, -0.15) is 0 Å². The summed E-state index contributed by atoms with van der Waals surface area (Å²) < 4.78 is 27.6. The molecule has 0 saturated heterocycles. The first-order chi connectivity index (χ1) is 11.9. The summed E-state index contributed by atoms with van der Waals surface area (Å²) in [6.45, 7) is 0.290. The predicted molar refractivity (Wildman–Crippen MR) is 98.5 cm³/mol. The summed E-state index contributed by atoms with van der Waals surface area (Å²) in [6, 6.07) is 12.2. The van der Waals surface area contributed by atoms with Gasteiger partial charge in [0.2, 0.25) is 15.9 Å². The second-order valence-corrected chi connectivity index (χ2v) is 8.22. The van der Waals surface area contributed by atoms with Crippen molar-refractivity contribution in [1.29, 1.82) is 0 Å². The maximum atomic E-state index is 12.5. The molecule has 1 N–H and O–H groups in total. The standard InChI is InChI=1S/C18H19ClN2O3S/c1-21-17-7-6-16(12-14(17)5-8-18(21)22)25(23,24)20-10-9-13-3-2-4-15(19)11-13/h2-4,6-7,11-12,20H,5,8-10H2,1H3. The van der Waals surface area contributed by atoms with Crippen molar-refractivity contribution in [2.45, 2.75) is 24.2 Å². The molecule has 2 aromatic carbocycles. The number of amides is 1. The van der Waals surface area contributed by atoms with Crippen LogP contribution >= 0.6 is 11.6 Å². The lowest BCUT2D eigenvalue weighted by Gasteiger charge is -2.26. The van der Waals surface area contributed by atoms with Gasteiger partial charge in [-0.25, -0.2) is 13.1 Å². The number of carbonyl (C=O) groups excluding carboxylic acids is 1. The van der Waals surface area contributed by atoms with E-state index < -0.39 is 10.0 Å². The van der Waals surface area contributed by atoms with Gasteiger partial charge in [-0.3, -0.25) is 4.79 Å². The molecule has 0 saturated carbocycles. The van der Waals surface area contributed by atoms with Gasteiger partial charge in [0.05, 0.1) is 4.90 Å². The van der Waals surface area contributed by atoms with E-state index in [0.717, 1.165) is 16.8 Å². The fraction of sp³-hybridized carbons (Fsp3) is 0.278. The number of aryl methyl sites for hydroxylation is 1. The molecule has 0 spiro atoms. The first-order valence-electron chi connectivity index (χ1n) is 8.00. The van der Waals surface area contributed by atoms with Crippen LogP contribution < -0.4 is 9.62 Å². The van der Waals surface area contributed by atoms with Gasteiger partial charge in [0, 0.05) is 30.7 Å². The maximum Gasteiger partial charge on any atom is 0.240 e. The van der Waals surface area contributed by atoms with Gasteiger partial charge < -0.3 is 4.90 Å². The van der Waals surface area contributed by atoms with Crippen LogP contribution in [-0.4, -0.2) is 27.9 Å². The number of hydrogen-bond acceptors (Lipinski definition) is 3. The van der Waals surface area contributed by atoms with Crippen LogP contribution in [0, 0.1) is 0 Å². The lowest BCUT2D eigenvalue weighted by molar-refractivity contribution is -0.118. The number of fused-ring (bicyclic) bond motifs is 1. The number of hydrogen-bond donors (Lipinski definition) is 1. The van der Waals surface area contributed by atoms with Crippen LogP contribution in [0.15, 0.2) is 47.4 Å². The second-order valence-electron chi connectivity index (χ2n) is 6.02. The smallest absolute Gasteiger partial charge is 0.240 e. The normalized spacial score (nSPS) is 14.5. The van der Waals surface area contributed by atoms with E-state index in [1.807, 2.05) is 18.2 Å². The maximum absolute atomic E-state index is 12.5. The van der Waals surface area contributed by atoms with Gasteiger partial charge in [0.1, 0.15) is 0 Å². The molecule has 0 fully saturated rings. The number of anilines is 1. The van der Waals surface area contributed by atoms with Crippen molar-refractivity contribution in [3.05, 3.63) is 58.6 Å². The number of sulfonamides is 1. The fourth-order valence-electron chi connectivity index (χ4n) is 2.91. The Labute approximate surface area is 152 Å². The Morgan fingerprint density at radius 2 is 1.96 bits per heavy atom. The first-order valence-corrected chi connectivity index (χ1v) is 9.86. The molecule has 2 aromatic rings. The topological polar surface area (TPSA) is 66.5 Å². The van der Waals surface area contributed by atoms with E-state index in [4.69, 9.17) is 11.6 Å². The summed E-state index contributed by atoms with van der Waals surface area (Å²) >= 11 is 5.93. The Morgan fingerprint density at radius 3 is 2.72 bits per heavy atom. The third kappa shape index (κ3) is 4.03. The molecule has 132 valence electrons. The second kappa shape index (κ2) is 7.15. The highest BCUT2D eigenvalue weighted by atomic mass is 35.5. The summed E-state index contributed by atoms with van der Waals surface area (Å²) in [5.41, 5.74) is 2.62. The van der Waals surface area contributed by atoms with E-state index >= 15 is 0 Å². The zero-order chi connectivity index (χ0) is 18.0. The van der Waals surface area contributed by atoms with Crippen molar-refractivity contribution in [3.8, 4) is 0 Å². The Balaban J connectivity index is 1.71. The molecule has 5 nitrogen and oxygen atoms in total. The van der Waals surface area contributed by atoms with Crippen molar-refractivity contribution >= 4 is 33.2 Å². The minimum Gasteiger partial charge on any atom is -0.315 e. The lowest BCUT2D eigenvalue weighted by atomic mass is 10.0. The number of nitrogens with one attached hydrogen (secondary N) is 1. The van der Waals surface area contributed by atoms with E-state index in [9.17, 15) is 13.2 Å². The zero-order valence-electron chi connectivity index (χ0n) is 13.8. The van der Waals surface area contributed by atoms with Gasteiger partial charge in [-0.05, 0) is 54.3 Å². The van der Waals surface area contributed by atoms with Crippen molar-refractivity contribution in [1.82, 2.24) is 4.72 Å². The third-order valence-electron chi connectivity index (χ3n) is 4.30. The van der Waals surface area contributed by atoms with E-state index in [2.05, 4.69) is 4.72 Å². The van der Waals surface area contributed by atoms with Gasteiger partial charge >= 0.3 is 0 Å². The lowest BCUT2D eigenvalue weighted by Crippen LogP contribution is -2.31. The SMILES string of the molecule is CN1C(=O)CCc2cc(S(=O)(=O)NCCc3cccc(Cl)c3)ccc21. The molecule has 0 aromatic heterocycles. The molecule has 0 aliphatic carbocycles. The van der Waals surface area contributed by atoms with Crippen LogP contribution in [0.1, 0.15) is 17.5 Å². The number of nitrogens with zero attached hydrogens (tertiary/aromatic N) is 1. The molecule has 0 unspecified atom stereocenters. The molecule has 1 aliphatic rings. The molecule has 1 amide bonds. The summed E-state index contributed by atoms with van der Waals surface area (Å²) in [4.78, 5) is 13.5. The summed E-state index contributed by atoms with van der Waals surface area (Å²) in [7, 11) is -1.89. The minimum absolute atomic E-state index is 0.0442. The van der Waals surface area contributed by atoms with Crippen LogP contribution in [0.4, 0.5) is 5.69 Å². The minimum atomic E-state index is -3.59. The van der Waals surface area contributed by atoms with Gasteiger partial charge in [-0.1, -0.05) is 23.7 Å². The molecule has 1 aliphatic heterocycles. The van der Waals surface area contributed by atoms with Crippen LogP contribution in [-0.2, 0) is 27.7 Å². The molecule has 0 atom stereocenters. The zero-order valence-corrected chi connectivity index (χ0v) is 15.4. The van der Waals surface area contributed by atoms with E-state index in [0.29, 0.717) is 24.3 Å².